The molecule has 0 saturated heterocycles. The molecule has 0 aliphatic carbocycles. The van der Waals surface area contributed by atoms with E-state index < -0.39 is 60.2 Å². The molecule has 12 nitrogen and oxygen atoms in total. The minimum Gasteiger partial charge on any atom is -0.480 e. The summed E-state index contributed by atoms with van der Waals surface area (Å²) >= 11 is 3.89. The van der Waals surface area contributed by atoms with E-state index >= 15 is 0 Å². The van der Waals surface area contributed by atoms with Gasteiger partial charge in [0.25, 0.3) is 0 Å². The van der Waals surface area contributed by atoms with Gasteiger partial charge in [-0.15, -0.1) is 0 Å². The lowest BCUT2D eigenvalue weighted by atomic mass is 10.0. The Bertz CT molecular complexity index is 1120. The lowest BCUT2D eigenvalue weighted by Crippen LogP contribution is -2.58. The van der Waals surface area contributed by atoms with Crippen molar-refractivity contribution in [3.8, 4) is 0 Å². The van der Waals surface area contributed by atoms with E-state index in [0.717, 1.165) is 16.5 Å². The Labute approximate surface area is 213 Å². The van der Waals surface area contributed by atoms with Gasteiger partial charge in [-0.1, -0.05) is 32.0 Å². The molecule has 0 fully saturated rings. The Kier molecular flexibility index (Phi) is 10.3. The molecule has 0 bridgehead atoms. The van der Waals surface area contributed by atoms with Crippen LogP contribution in [-0.4, -0.2) is 69.6 Å². The average molecular weight is 521 g/mol. The first-order valence-corrected chi connectivity index (χ1v) is 11.9. The van der Waals surface area contributed by atoms with Crippen LogP contribution in [0.3, 0.4) is 0 Å². The lowest BCUT2D eigenvalue weighted by molar-refractivity contribution is -0.141. The number of H-pyrrole nitrogens is 1. The van der Waals surface area contributed by atoms with Crippen LogP contribution in [-0.2, 0) is 30.4 Å². The van der Waals surface area contributed by atoms with Crippen molar-refractivity contribution in [2.45, 2.75) is 50.9 Å². The van der Waals surface area contributed by atoms with Crippen LogP contribution in [0.5, 0.6) is 0 Å². The molecule has 196 valence electrons. The summed E-state index contributed by atoms with van der Waals surface area (Å²) in [7, 11) is 0. The predicted octanol–water partition coefficient (Wildman–Crippen LogP) is -0.962. The first kappa shape index (κ1) is 28.7. The number of primary amides is 1. The molecule has 2 aromatic rings. The fourth-order valence-corrected chi connectivity index (χ4v) is 3.69. The molecule has 4 unspecified atom stereocenters. The zero-order chi connectivity index (χ0) is 27.0. The van der Waals surface area contributed by atoms with Crippen molar-refractivity contribution in [3.63, 3.8) is 0 Å². The zero-order valence-corrected chi connectivity index (χ0v) is 20.9. The highest BCUT2D eigenvalue weighted by Crippen LogP contribution is 2.19. The Morgan fingerprint density at radius 1 is 0.972 bits per heavy atom. The van der Waals surface area contributed by atoms with Crippen molar-refractivity contribution in [1.82, 2.24) is 20.9 Å². The quantitative estimate of drug-likeness (QED) is 0.155. The topological polar surface area (TPSA) is 209 Å². The van der Waals surface area contributed by atoms with Crippen molar-refractivity contribution in [1.29, 1.82) is 0 Å². The Morgan fingerprint density at radius 3 is 2.14 bits per heavy atom. The highest BCUT2D eigenvalue weighted by Gasteiger charge is 2.31. The van der Waals surface area contributed by atoms with Crippen molar-refractivity contribution < 1.29 is 29.1 Å². The second kappa shape index (κ2) is 12.9. The second-order valence-electron chi connectivity index (χ2n) is 8.71. The van der Waals surface area contributed by atoms with Crippen molar-refractivity contribution in [2.75, 3.05) is 5.75 Å². The largest absolute Gasteiger partial charge is 0.480 e. The molecule has 0 radical (unpaired) electrons. The van der Waals surface area contributed by atoms with E-state index in [9.17, 15) is 29.1 Å². The average Bonchev–Trinajstić information content (AvgIpc) is 3.23. The number of carboxylic acid groups (broad SMARTS) is 1. The number of nitrogens with two attached hydrogens (primary N) is 2. The molecule has 0 aliphatic heterocycles. The highest BCUT2D eigenvalue weighted by atomic mass is 32.1. The van der Waals surface area contributed by atoms with Gasteiger partial charge < -0.3 is 37.5 Å². The molecule has 13 heteroatoms. The second-order valence-corrected chi connectivity index (χ2v) is 9.07. The molecule has 0 saturated carbocycles. The maximum absolute atomic E-state index is 13.3. The summed E-state index contributed by atoms with van der Waals surface area (Å²) in [5.41, 5.74) is 12.7. The summed E-state index contributed by atoms with van der Waals surface area (Å²) < 4.78 is 0. The fraction of sp³-hybridized carbons (Fsp3) is 0.435. The van der Waals surface area contributed by atoms with Gasteiger partial charge in [-0.2, -0.15) is 12.6 Å². The van der Waals surface area contributed by atoms with Crippen LogP contribution in [0, 0.1) is 5.92 Å². The molecule has 36 heavy (non-hydrogen) atoms. The summed E-state index contributed by atoms with van der Waals surface area (Å²) in [4.78, 5) is 64.6. The summed E-state index contributed by atoms with van der Waals surface area (Å²) in [5.74, 6) is -4.93. The molecule has 2 rings (SSSR count). The van der Waals surface area contributed by atoms with E-state index in [1.807, 2.05) is 24.3 Å². The van der Waals surface area contributed by atoms with Crippen molar-refractivity contribution in [3.05, 3.63) is 36.0 Å². The van der Waals surface area contributed by atoms with E-state index in [1.54, 1.807) is 20.0 Å². The van der Waals surface area contributed by atoms with Gasteiger partial charge in [0.1, 0.15) is 18.1 Å². The number of aliphatic carboxylic acids is 1. The van der Waals surface area contributed by atoms with Gasteiger partial charge in [0, 0.05) is 29.3 Å². The highest BCUT2D eigenvalue weighted by molar-refractivity contribution is 7.80. The van der Waals surface area contributed by atoms with Gasteiger partial charge in [-0.25, -0.2) is 4.79 Å². The third-order valence-electron chi connectivity index (χ3n) is 5.59. The molecule has 1 aromatic carbocycles. The van der Waals surface area contributed by atoms with Gasteiger partial charge in [0.2, 0.25) is 23.6 Å². The molecule has 4 amide bonds. The number of hydrogen-bond donors (Lipinski definition) is 8. The van der Waals surface area contributed by atoms with Crippen molar-refractivity contribution >= 4 is 53.1 Å². The summed E-state index contributed by atoms with van der Waals surface area (Å²) in [6.07, 6.45) is 1.17. The van der Waals surface area contributed by atoms with Gasteiger partial charge in [0.05, 0.1) is 12.5 Å². The number of benzene rings is 1. The van der Waals surface area contributed by atoms with Gasteiger partial charge in [0.15, 0.2) is 0 Å². The SMILES string of the molecule is CC(C)C(N)C(=O)NC(Cc1c[nH]c2ccccc12)C(=O)NC(CC(N)=O)C(=O)NC(CS)C(=O)O. The van der Waals surface area contributed by atoms with E-state index in [-0.39, 0.29) is 18.1 Å². The normalized spacial score (nSPS) is 14.5. The first-order chi connectivity index (χ1) is 16.9. The van der Waals surface area contributed by atoms with Crippen LogP contribution in [0.2, 0.25) is 0 Å². The van der Waals surface area contributed by atoms with Crippen molar-refractivity contribution in [2.24, 2.45) is 17.4 Å². The maximum atomic E-state index is 13.3. The molecular weight excluding hydrogens is 488 g/mol. The molecule has 1 aromatic heterocycles. The number of para-hydroxylation sites is 1. The molecule has 0 aliphatic rings. The van der Waals surface area contributed by atoms with Gasteiger partial charge in [-0.05, 0) is 17.5 Å². The van der Waals surface area contributed by atoms with E-state index in [1.165, 1.54) is 0 Å². The maximum Gasteiger partial charge on any atom is 0.327 e. The zero-order valence-electron chi connectivity index (χ0n) is 20.0. The number of fused-ring (bicyclic) bond motifs is 1. The molecule has 9 N–H and O–H groups in total. The van der Waals surface area contributed by atoms with Gasteiger partial charge in [-0.3, -0.25) is 19.2 Å². The molecule has 0 spiro atoms. The number of aromatic amines is 1. The Hall–Kier alpha value is -3.58. The van der Waals surface area contributed by atoms with Gasteiger partial charge >= 0.3 is 5.97 Å². The standard InChI is InChI=1S/C23H32N6O6S/c1-11(2)19(25)22(33)28-15(7-12-9-26-14-6-4-3-5-13(12)14)20(31)27-16(8-18(24)30)21(32)29-17(10-36)23(34)35/h3-6,9,11,15-17,19,26,36H,7-8,10,25H2,1-2H3,(H2,24,30)(H,27,31)(H,28,33)(H,29,32)(H,34,35). The summed E-state index contributed by atoms with van der Waals surface area (Å²) in [5, 5.41) is 17.3. The van der Waals surface area contributed by atoms with Crippen LogP contribution in [0.4, 0.5) is 0 Å². The van der Waals surface area contributed by atoms with Crippen LogP contribution in [0.15, 0.2) is 30.5 Å². The third kappa shape index (κ3) is 7.71. The third-order valence-corrected chi connectivity index (χ3v) is 5.95. The number of aromatic nitrogens is 1. The number of thiol groups is 1. The number of amides is 4. The molecular formula is C23H32N6O6S. The van der Waals surface area contributed by atoms with Crippen LogP contribution < -0.4 is 27.4 Å². The number of carbonyl (C=O) groups is 5. The molecule has 1 heterocycles. The van der Waals surface area contributed by atoms with Crippen LogP contribution in [0.1, 0.15) is 25.8 Å². The van der Waals surface area contributed by atoms with Crippen LogP contribution >= 0.6 is 12.6 Å². The van der Waals surface area contributed by atoms with Crippen LogP contribution in [0.25, 0.3) is 10.9 Å². The first-order valence-electron chi connectivity index (χ1n) is 11.3. The Balaban J connectivity index is 2.31. The number of hydrogen-bond acceptors (Lipinski definition) is 7. The number of carbonyl (C=O) groups excluding carboxylic acids is 4. The van der Waals surface area contributed by atoms with E-state index in [0.29, 0.717) is 0 Å². The number of nitrogens with one attached hydrogen (secondary N) is 4. The Morgan fingerprint density at radius 2 is 1.56 bits per heavy atom. The lowest BCUT2D eigenvalue weighted by Gasteiger charge is -2.25. The van der Waals surface area contributed by atoms with E-state index in [2.05, 4.69) is 33.6 Å². The summed E-state index contributed by atoms with van der Waals surface area (Å²) in [6.45, 7) is 3.51. The monoisotopic (exact) mass is 520 g/mol. The smallest absolute Gasteiger partial charge is 0.327 e. The predicted molar refractivity (Wildman–Crippen MR) is 136 cm³/mol. The molecule has 4 atom stereocenters. The minimum absolute atomic E-state index is 0.0473. The minimum atomic E-state index is -1.47. The summed E-state index contributed by atoms with van der Waals surface area (Å²) in [6, 6.07) is 2.51. The van der Waals surface area contributed by atoms with E-state index in [4.69, 9.17) is 11.5 Å². The number of carboxylic acids is 1. The fourth-order valence-electron chi connectivity index (χ4n) is 3.44. The number of rotatable bonds is 13.